The minimum Gasteiger partial charge on any atom is -0.480 e. The topological polar surface area (TPSA) is 167 Å². The van der Waals surface area contributed by atoms with Crippen molar-refractivity contribution in [2.75, 3.05) is 6.54 Å². The monoisotopic (exact) mass is 510 g/mol. The Labute approximate surface area is 211 Å². The summed E-state index contributed by atoms with van der Waals surface area (Å²) in [6, 6.07) is 8.94. The summed E-state index contributed by atoms with van der Waals surface area (Å²) in [5, 5.41) is 14.4. The number of carboxylic acid groups (broad SMARTS) is 1. The van der Waals surface area contributed by atoms with Gasteiger partial charge in [-0.15, -0.1) is 11.8 Å². The Hall–Kier alpha value is -3.93. The number of carbonyl (C=O) groups is 4. The van der Waals surface area contributed by atoms with Gasteiger partial charge in [0.1, 0.15) is 35.9 Å². The van der Waals surface area contributed by atoms with Crippen LogP contribution < -0.4 is 16.4 Å². The Morgan fingerprint density at radius 1 is 1.19 bits per heavy atom. The molecule has 2 aliphatic rings. The van der Waals surface area contributed by atoms with E-state index in [2.05, 4.69) is 20.6 Å². The van der Waals surface area contributed by atoms with Gasteiger partial charge in [-0.1, -0.05) is 30.3 Å². The first-order valence-electron chi connectivity index (χ1n) is 11.2. The number of aliphatic carboxylic acids is 1. The number of pyridine rings is 1. The summed E-state index contributed by atoms with van der Waals surface area (Å²) in [6.45, 7) is 3.20. The highest BCUT2D eigenvalue weighted by atomic mass is 32.2. The molecule has 1 unspecified atom stereocenters. The van der Waals surface area contributed by atoms with Crippen molar-refractivity contribution < 1.29 is 24.3 Å². The van der Waals surface area contributed by atoms with Crippen LogP contribution in [0.15, 0.2) is 59.9 Å². The molecule has 0 radical (unpaired) electrons. The third-order valence-electron chi connectivity index (χ3n) is 6.04. The molecule has 0 bridgehead atoms. The summed E-state index contributed by atoms with van der Waals surface area (Å²) in [5.74, 6) is -2.53. The van der Waals surface area contributed by atoms with E-state index in [9.17, 15) is 24.3 Å². The van der Waals surface area contributed by atoms with Crippen LogP contribution in [0.25, 0.3) is 0 Å². The van der Waals surface area contributed by atoms with Gasteiger partial charge in [0.2, 0.25) is 17.7 Å². The highest BCUT2D eigenvalue weighted by Crippen LogP contribution is 2.50. The highest BCUT2D eigenvalue weighted by Gasteiger charge is 2.64. The van der Waals surface area contributed by atoms with Crippen molar-refractivity contribution in [1.29, 1.82) is 0 Å². The maximum atomic E-state index is 13.3. The predicted octanol–water partition coefficient (Wildman–Crippen LogP) is 0.276. The van der Waals surface area contributed by atoms with E-state index in [0.717, 1.165) is 0 Å². The molecule has 12 heteroatoms. The Morgan fingerprint density at radius 3 is 2.50 bits per heavy atom. The summed E-state index contributed by atoms with van der Waals surface area (Å²) in [4.78, 5) is 59.7. The van der Waals surface area contributed by atoms with Crippen molar-refractivity contribution in [3.63, 3.8) is 0 Å². The first kappa shape index (κ1) is 25.2. The fourth-order valence-electron chi connectivity index (χ4n) is 4.31. The molecule has 0 saturated carbocycles. The van der Waals surface area contributed by atoms with E-state index in [1.807, 2.05) is 0 Å². The van der Waals surface area contributed by atoms with Crippen LogP contribution in [0.4, 0.5) is 0 Å². The van der Waals surface area contributed by atoms with Crippen LogP contribution in [0, 0.1) is 0 Å². The van der Waals surface area contributed by atoms with Crippen molar-refractivity contribution in [2.24, 2.45) is 10.7 Å². The van der Waals surface area contributed by atoms with Crippen molar-refractivity contribution in [3.8, 4) is 0 Å². The lowest BCUT2D eigenvalue weighted by Gasteiger charge is -2.44. The van der Waals surface area contributed by atoms with Gasteiger partial charge < -0.3 is 26.4 Å². The van der Waals surface area contributed by atoms with E-state index < -0.39 is 51.9 Å². The SMILES string of the molecule is CC1(C)S[C@@H]2[C@H](NC(=O)C(NC(=O)CN=C(N)c3ccncc3)c3ccccc3)C(=O)N2[C@H]1C(=O)O. The van der Waals surface area contributed by atoms with E-state index in [-0.39, 0.29) is 12.4 Å². The maximum Gasteiger partial charge on any atom is 0.327 e. The third-order valence-corrected chi connectivity index (χ3v) is 7.61. The molecule has 3 heterocycles. The van der Waals surface area contributed by atoms with E-state index in [0.29, 0.717) is 11.1 Å². The lowest BCUT2D eigenvalue weighted by atomic mass is 9.95. The molecule has 2 fully saturated rings. The van der Waals surface area contributed by atoms with Crippen molar-refractivity contribution >= 4 is 41.3 Å². The molecule has 2 saturated heterocycles. The van der Waals surface area contributed by atoms with Crippen LogP contribution in [-0.2, 0) is 19.2 Å². The normalized spacial score (nSPS) is 23.3. The van der Waals surface area contributed by atoms with Crippen molar-refractivity contribution in [2.45, 2.75) is 42.1 Å². The lowest BCUT2D eigenvalue weighted by Crippen LogP contribution is -2.71. The quantitative estimate of drug-likeness (QED) is 0.223. The summed E-state index contributed by atoms with van der Waals surface area (Å²) < 4.78 is -0.717. The minimum atomic E-state index is -1.09. The Balaban J connectivity index is 1.46. The zero-order chi connectivity index (χ0) is 26.0. The number of hydrogen-bond donors (Lipinski definition) is 4. The van der Waals surface area contributed by atoms with Crippen LogP contribution >= 0.6 is 11.8 Å². The predicted molar refractivity (Wildman–Crippen MR) is 133 cm³/mol. The second kappa shape index (κ2) is 9.97. The van der Waals surface area contributed by atoms with Crippen LogP contribution in [0.1, 0.15) is 31.0 Å². The summed E-state index contributed by atoms with van der Waals surface area (Å²) in [6.07, 6.45) is 3.11. The van der Waals surface area contributed by atoms with Gasteiger partial charge in [0, 0.05) is 22.7 Å². The lowest BCUT2D eigenvalue weighted by molar-refractivity contribution is -0.161. The van der Waals surface area contributed by atoms with E-state index in [1.165, 1.54) is 16.7 Å². The maximum absolute atomic E-state index is 13.3. The molecular weight excluding hydrogens is 484 g/mol. The molecule has 4 rings (SSSR count). The van der Waals surface area contributed by atoms with E-state index in [4.69, 9.17) is 5.73 Å². The number of aromatic nitrogens is 1. The number of hydrogen-bond acceptors (Lipinski definition) is 7. The van der Waals surface area contributed by atoms with Gasteiger partial charge in [0.15, 0.2) is 0 Å². The van der Waals surface area contributed by atoms with Gasteiger partial charge in [-0.2, -0.15) is 0 Å². The smallest absolute Gasteiger partial charge is 0.327 e. The van der Waals surface area contributed by atoms with Crippen molar-refractivity contribution in [3.05, 3.63) is 66.0 Å². The molecule has 2 aromatic rings. The number of nitrogens with zero attached hydrogens (tertiary/aromatic N) is 3. The molecule has 2 aliphatic heterocycles. The number of carboxylic acids is 1. The molecule has 3 amide bonds. The van der Waals surface area contributed by atoms with Gasteiger partial charge >= 0.3 is 5.97 Å². The number of nitrogens with one attached hydrogen (secondary N) is 2. The average Bonchev–Trinajstić information content (AvgIpc) is 3.13. The third kappa shape index (κ3) is 4.89. The molecule has 5 N–H and O–H groups in total. The molecule has 0 spiro atoms. The van der Waals surface area contributed by atoms with Crippen molar-refractivity contribution in [1.82, 2.24) is 20.5 Å². The average molecular weight is 511 g/mol. The Bertz CT molecular complexity index is 1210. The molecule has 11 nitrogen and oxygen atoms in total. The second-order valence-corrected chi connectivity index (χ2v) is 10.7. The molecule has 4 atom stereocenters. The number of rotatable bonds is 8. The number of amides is 3. The van der Waals surface area contributed by atoms with Gasteiger partial charge in [0.25, 0.3) is 0 Å². The largest absolute Gasteiger partial charge is 0.480 e. The summed E-state index contributed by atoms with van der Waals surface area (Å²) in [5.41, 5.74) is 7.06. The number of nitrogens with two attached hydrogens (primary N) is 1. The number of β-lactam (4-membered cyclic amide) rings is 1. The highest BCUT2D eigenvalue weighted by molar-refractivity contribution is 8.01. The molecule has 1 aromatic heterocycles. The van der Waals surface area contributed by atoms with Crippen LogP contribution in [0.5, 0.6) is 0 Å². The van der Waals surface area contributed by atoms with Crippen LogP contribution in [0.2, 0.25) is 0 Å². The number of fused-ring (bicyclic) bond motifs is 1. The van der Waals surface area contributed by atoms with Gasteiger partial charge in [-0.05, 0) is 31.5 Å². The Morgan fingerprint density at radius 2 is 1.86 bits per heavy atom. The standard InChI is InChI=1S/C24H26N6O5S/c1-24(2)18(23(34)35)30-21(33)17(22(30)36-24)29-20(32)16(13-6-4-3-5-7-13)28-15(31)12-27-19(25)14-8-10-26-11-9-14/h3-11,16-18,22H,12H2,1-2H3,(H2,25,27)(H,28,31)(H,29,32)(H,34,35)/t16?,17-,18+,22-/m1/s1. The second-order valence-electron chi connectivity index (χ2n) is 8.93. The number of amidine groups is 1. The first-order valence-corrected chi connectivity index (χ1v) is 12.1. The summed E-state index contributed by atoms with van der Waals surface area (Å²) >= 11 is 1.32. The van der Waals surface area contributed by atoms with E-state index >= 15 is 0 Å². The molecule has 1 aromatic carbocycles. The number of benzene rings is 1. The molecule has 0 aliphatic carbocycles. The first-order chi connectivity index (χ1) is 17.1. The Kier molecular flexibility index (Phi) is 6.97. The molecule has 36 heavy (non-hydrogen) atoms. The summed E-state index contributed by atoms with van der Waals surface area (Å²) in [7, 11) is 0. The zero-order valence-electron chi connectivity index (χ0n) is 19.6. The minimum absolute atomic E-state index is 0.155. The van der Waals surface area contributed by atoms with E-state index in [1.54, 1.807) is 68.7 Å². The zero-order valence-corrected chi connectivity index (χ0v) is 20.4. The van der Waals surface area contributed by atoms with Crippen LogP contribution in [0.3, 0.4) is 0 Å². The van der Waals surface area contributed by atoms with Gasteiger partial charge in [-0.3, -0.25) is 24.4 Å². The fraction of sp³-hybridized carbons (Fsp3) is 0.333. The number of aliphatic imine (C=N–C) groups is 1. The van der Waals surface area contributed by atoms with Gasteiger partial charge in [-0.25, -0.2) is 4.79 Å². The fourth-order valence-corrected chi connectivity index (χ4v) is 5.93. The van der Waals surface area contributed by atoms with Crippen LogP contribution in [-0.4, -0.2) is 73.3 Å². The molecule has 188 valence electrons. The number of carbonyl (C=O) groups excluding carboxylic acids is 3. The van der Waals surface area contributed by atoms with Gasteiger partial charge in [0.05, 0.1) is 0 Å². The molecular formula is C24H26N6O5S. The number of thioether (sulfide) groups is 1.